The first-order chi connectivity index (χ1) is 17.7. The van der Waals surface area contributed by atoms with Crippen LogP contribution in [-0.4, -0.2) is 47.9 Å². The third-order valence-corrected chi connectivity index (χ3v) is 7.38. The smallest absolute Gasteiger partial charge is 0.410 e. The molecule has 1 aliphatic carbocycles. The highest BCUT2D eigenvalue weighted by Crippen LogP contribution is 2.37. The molecule has 200 valence electrons. The molecule has 1 aromatic rings. The lowest BCUT2D eigenvalue weighted by atomic mass is 9.94. The standard InChI is InChI=1S/C31H42N2O4/c1-31(2,3)37-30(36)32(19-10-13-24-12-7-8-14-27(24)34)18-9-5-4-6-11-23-21-25-15-16-28(35)33-20-17-26(22-23)29(25)33/h7-8,12,21-22H,4-6,9-11,13-20H2,1-3H3. The fourth-order valence-electron chi connectivity index (χ4n) is 5.55. The molecule has 0 aromatic heterocycles. The maximum absolute atomic E-state index is 12.8. The molecule has 0 bridgehead atoms. The lowest BCUT2D eigenvalue weighted by molar-refractivity contribution is -0.118. The second-order valence-corrected chi connectivity index (χ2v) is 11.5. The van der Waals surface area contributed by atoms with Crippen molar-refractivity contribution >= 4 is 23.5 Å². The SMILES string of the molecule is CC(C)(C)OC(=O)N(CCCCCCc1cc2c3c(c1)CCN3C(=O)CC2)CCCC1=CC=CCC1=O. The van der Waals surface area contributed by atoms with E-state index >= 15 is 0 Å². The molecule has 4 rings (SSSR count). The zero-order valence-corrected chi connectivity index (χ0v) is 22.8. The number of hydrogen-bond donors (Lipinski definition) is 0. The van der Waals surface area contributed by atoms with Gasteiger partial charge in [0.05, 0.1) is 5.69 Å². The Bertz CT molecular complexity index is 1080. The number of ketones is 1. The number of carbonyl (C=O) groups excluding carboxylic acids is 3. The summed E-state index contributed by atoms with van der Waals surface area (Å²) in [6.07, 6.45) is 15.2. The zero-order chi connectivity index (χ0) is 26.4. The van der Waals surface area contributed by atoms with Crippen molar-refractivity contribution in [2.24, 2.45) is 0 Å². The first kappa shape index (κ1) is 27.2. The van der Waals surface area contributed by atoms with Crippen molar-refractivity contribution in [1.82, 2.24) is 4.90 Å². The van der Waals surface area contributed by atoms with Gasteiger partial charge in [0, 0.05) is 32.5 Å². The number of ether oxygens (including phenoxy) is 1. The van der Waals surface area contributed by atoms with Crippen LogP contribution in [0.4, 0.5) is 10.5 Å². The van der Waals surface area contributed by atoms with Crippen molar-refractivity contribution in [3.05, 3.63) is 52.6 Å². The van der Waals surface area contributed by atoms with Crippen molar-refractivity contribution in [2.45, 2.75) is 97.0 Å². The number of unbranched alkanes of at least 4 members (excludes halogenated alkanes) is 3. The largest absolute Gasteiger partial charge is 0.444 e. The van der Waals surface area contributed by atoms with Crippen LogP contribution >= 0.6 is 0 Å². The predicted molar refractivity (Wildman–Crippen MR) is 147 cm³/mol. The molecule has 6 nitrogen and oxygen atoms in total. The van der Waals surface area contributed by atoms with Crippen LogP contribution in [0.5, 0.6) is 0 Å². The van der Waals surface area contributed by atoms with Crippen LogP contribution in [0.3, 0.4) is 0 Å². The summed E-state index contributed by atoms with van der Waals surface area (Å²) < 4.78 is 5.65. The number of hydrogen-bond acceptors (Lipinski definition) is 4. The van der Waals surface area contributed by atoms with E-state index in [0.29, 0.717) is 32.4 Å². The zero-order valence-electron chi connectivity index (χ0n) is 22.8. The maximum atomic E-state index is 12.8. The normalized spacial score (nSPS) is 16.6. The van der Waals surface area contributed by atoms with Gasteiger partial charge < -0.3 is 14.5 Å². The maximum Gasteiger partial charge on any atom is 0.410 e. The summed E-state index contributed by atoms with van der Waals surface area (Å²) in [4.78, 5) is 40.8. The minimum atomic E-state index is -0.526. The van der Waals surface area contributed by atoms with E-state index in [-0.39, 0.29) is 17.8 Å². The van der Waals surface area contributed by atoms with E-state index in [4.69, 9.17) is 4.74 Å². The van der Waals surface area contributed by atoms with Crippen LogP contribution in [0, 0.1) is 0 Å². The van der Waals surface area contributed by atoms with Gasteiger partial charge in [0.15, 0.2) is 5.78 Å². The van der Waals surface area contributed by atoms with Crippen molar-refractivity contribution in [3.63, 3.8) is 0 Å². The Kier molecular flexibility index (Phi) is 8.88. The van der Waals surface area contributed by atoms with E-state index in [1.165, 1.54) is 22.4 Å². The Morgan fingerprint density at radius 1 is 0.946 bits per heavy atom. The summed E-state index contributed by atoms with van der Waals surface area (Å²) in [7, 11) is 0. The third-order valence-electron chi connectivity index (χ3n) is 7.38. The lowest BCUT2D eigenvalue weighted by Crippen LogP contribution is -2.38. The summed E-state index contributed by atoms with van der Waals surface area (Å²) in [5.74, 6) is 0.459. The molecule has 1 aromatic carbocycles. The number of Topliss-reactive ketones (excluding diaryl/α,β-unsaturated/α-hetero) is 1. The molecule has 2 heterocycles. The van der Waals surface area contributed by atoms with Gasteiger partial charge in [-0.2, -0.15) is 0 Å². The number of carbonyl (C=O) groups is 3. The van der Waals surface area contributed by atoms with Crippen molar-refractivity contribution in [3.8, 4) is 0 Å². The van der Waals surface area contributed by atoms with Gasteiger partial charge >= 0.3 is 6.09 Å². The minimum absolute atomic E-state index is 0.185. The summed E-state index contributed by atoms with van der Waals surface area (Å²) in [6, 6.07) is 4.63. The Hall–Kier alpha value is -2.89. The first-order valence-electron chi connectivity index (χ1n) is 14.0. The van der Waals surface area contributed by atoms with Gasteiger partial charge in [-0.05, 0) is 88.0 Å². The molecule has 3 aliphatic rings. The van der Waals surface area contributed by atoms with Gasteiger partial charge in [0.2, 0.25) is 5.91 Å². The van der Waals surface area contributed by atoms with Gasteiger partial charge in [-0.15, -0.1) is 0 Å². The van der Waals surface area contributed by atoms with E-state index in [2.05, 4.69) is 12.1 Å². The van der Waals surface area contributed by atoms with Crippen molar-refractivity contribution < 1.29 is 19.1 Å². The van der Waals surface area contributed by atoms with Crippen LogP contribution in [0.25, 0.3) is 0 Å². The topological polar surface area (TPSA) is 66.9 Å². The highest BCUT2D eigenvalue weighted by Gasteiger charge is 2.31. The fourth-order valence-corrected chi connectivity index (χ4v) is 5.55. The fraction of sp³-hybridized carbons (Fsp3) is 0.581. The summed E-state index contributed by atoms with van der Waals surface area (Å²) >= 11 is 0. The molecular formula is C31H42N2O4. The van der Waals surface area contributed by atoms with E-state index in [9.17, 15) is 14.4 Å². The minimum Gasteiger partial charge on any atom is -0.444 e. The third kappa shape index (κ3) is 7.33. The number of aryl methyl sites for hydroxylation is 2. The van der Waals surface area contributed by atoms with Crippen LogP contribution < -0.4 is 4.90 Å². The molecule has 0 saturated heterocycles. The van der Waals surface area contributed by atoms with Gasteiger partial charge in [0.1, 0.15) is 5.60 Å². The molecule has 0 spiro atoms. The summed E-state index contributed by atoms with van der Waals surface area (Å²) in [6.45, 7) is 7.79. The van der Waals surface area contributed by atoms with E-state index < -0.39 is 5.60 Å². The molecule has 0 saturated carbocycles. The molecule has 0 N–H and O–H groups in total. The number of nitrogens with zero attached hydrogens (tertiary/aromatic N) is 2. The second kappa shape index (κ2) is 12.1. The quantitative estimate of drug-likeness (QED) is 0.340. The average Bonchev–Trinajstić information content (AvgIpc) is 3.27. The Balaban J connectivity index is 1.21. The van der Waals surface area contributed by atoms with Crippen LogP contribution in [0.2, 0.25) is 0 Å². The Morgan fingerprint density at radius 3 is 2.43 bits per heavy atom. The Morgan fingerprint density at radius 2 is 1.68 bits per heavy atom. The van der Waals surface area contributed by atoms with E-state index in [1.54, 1.807) is 0 Å². The predicted octanol–water partition coefficient (Wildman–Crippen LogP) is 6.10. The van der Waals surface area contributed by atoms with Crippen LogP contribution in [-0.2, 0) is 33.6 Å². The molecule has 37 heavy (non-hydrogen) atoms. The molecule has 0 fully saturated rings. The lowest BCUT2D eigenvalue weighted by Gasteiger charge is -2.27. The molecule has 2 aliphatic heterocycles. The van der Waals surface area contributed by atoms with Gasteiger partial charge in [-0.3, -0.25) is 9.59 Å². The van der Waals surface area contributed by atoms with Gasteiger partial charge in [-0.25, -0.2) is 4.79 Å². The number of anilines is 1. The number of rotatable bonds is 11. The number of allylic oxidation sites excluding steroid dienone is 4. The van der Waals surface area contributed by atoms with E-state index in [0.717, 1.165) is 63.5 Å². The number of benzene rings is 1. The second-order valence-electron chi connectivity index (χ2n) is 11.5. The van der Waals surface area contributed by atoms with Gasteiger partial charge in [-0.1, -0.05) is 43.2 Å². The first-order valence-corrected chi connectivity index (χ1v) is 14.0. The molecule has 2 amide bonds. The van der Waals surface area contributed by atoms with Crippen molar-refractivity contribution in [2.75, 3.05) is 24.5 Å². The molecule has 6 heteroatoms. The van der Waals surface area contributed by atoms with Gasteiger partial charge in [0.25, 0.3) is 0 Å². The molecule has 0 atom stereocenters. The monoisotopic (exact) mass is 506 g/mol. The summed E-state index contributed by atoms with van der Waals surface area (Å²) in [5, 5.41) is 0. The highest BCUT2D eigenvalue weighted by molar-refractivity contribution is 5.99. The molecule has 0 radical (unpaired) electrons. The molecule has 0 unspecified atom stereocenters. The molecular weight excluding hydrogens is 464 g/mol. The summed E-state index contributed by atoms with van der Waals surface area (Å²) in [5.41, 5.74) is 5.60. The number of amides is 2. The van der Waals surface area contributed by atoms with Crippen molar-refractivity contribution in [1.29, 1.82) is 0 Å². The highest BCUT2D eigenvalue weighted by atomic mass is 16.6. The van der Waals surface area contributed by atoms with E-state index in [1.807, 2.05) is 48.8 Å². The Labute approximate surface area is 221 Å². The van der Waals surface area contributed by atoms with Crippen LogP contribution in [0.1, 0.15) is 88.8 Å². The average molecular weight is 507 g/mol. The van der Waals surface area contributed by atoms with Crippen LogP contribution in [0.15, 0.2) is 35.9 Å².